The molecule has 88 valence electrons. The van der Waals surface area contributed by atoms with Gasteiger partial charge in [-0.3, -0.25) is 4.79 Å². The highest BCUT2D eigenvalue weighted by atomic mass is 79.9. The lowest BCUT2D eigenvalue weighted by Gasteiger charge is -2.14. The fourth-order valence-corrected chi connectivity index (χ4v) is 1.93. The molecule has 1 atom stereocenters. The summed E-state index contributed by atoms with van der Waals surface area (Å²) in [5.41, 5.74) is 0.730. The van der Waals surface area contributed by atoms with Gasteiger partial charge in [0.05, 0.1) is 11.6 Å². The maximum Gasteiger partial charge on any atom is 0.165 e. The summed E-state index contributed by atoms with van der Waals surface area (Å²) in [5, 5.41) is 0. The van der Waals surface area contributed by atoms with Crippen LogP contribution in [0.15, 0.2) is 22.7 Å². The van der Waals surface area contributed by atoms with E-state index in [0.29, 0.717) is 5.92 Å². The van der Waals surface area contributed by atoms with Crippen LogP contribution in [0.4, 0.5) is 0 Å². The second-order valence-electron chi connectivity index (χ2n) is 4.25. The quantitative estimate of drug-likeness (QED) is 0.783. The van der Waals surface area contributed by atoms with Gasteiger partial charge in [0, 0.05) is 11.5 Å². The molecule has 1 aromatic rings. The number of rotatable bonds is 4. The molecule has 0 aliphatic carbocycles. The third kappa shape index (κ3) is 2.85. The minimum Gasteiger partial charge on any atom is -0.496 e. The zero-order chi connectivity index (χ0) is 12.3. The van der Waals surface area contributed by atoms with Crippen LogP contribution in [0.3, 0.4) is 0 Å². The summed E-state index contributed by atoms with van der Waals surface area (Å²) in [6.07, 6.45) is 0. The third-order valence-electron chi connectivity index (χ3n) is 2.85. The van der Waals surface area contributed by atoms with Gasteiger partial charge in [-0.15, -0.1) is 0 Å². The van der Waals surface area contributed by atoms with E-state index < -0.39 is 0 Å². The second kappa shape index (κ2) is 5.48. The number of Topliss-reactive ketones (excluding diaryl/α,β-unsaturated/α-hetero) is 1. The Kier molecular flexibility index (Phi) is 4.54. The molecule has 2 nitrogen and oxygen atoms in total. The molecule has 1 rings (SSSR count). The maximum absolute atomic E-state index is 12.1. The van der Waals surface area contributed by atoms with Crippen LogP contribution in [0.25, 0.3) is 0 Å². The number of methoxy groups -OCH3 is 1. The van der Waals surface area contributed by atoms with Crippen LogP contribution in [-0.4, -0.2) is 12.9 Å². The van der Waals surface area contributed by atoms with E-state index in [1.807, 2.05) is 25.1 Å². The molecule has 0 saturated carbocycles. The lowest BCUT2D eigenvalue weighted by molar-refractivity contribution is 0.0899. The zero-order valence-electron chi connectivity index (χ0n) is 10.1. The Morgan fingerprint density at radius 2 is 1.94 bits per heavy atom. The lowest BCUT2D eigenvalue weighted by Crippen LogP contribution is -2.16. The summed E-state index contributed by atoms with van der Waals surface area (Å²) in [6.45, 7) is 6.08. The van der Waals surface area contributed by atoms with Crippen molar-refractivity contribution in [2.24, 2.45) is 11.8 Å². The number of halogens is 1. The second-order valence-corrected chi connectivity index (χ2v) is 5.10. The molecule has 0 aliphatic rings. The van der Waals surface area contributed by atoms with Crippen molar-refractivity contribution in [3.63, 3.8) is 0 Å². The number of hydrogen-bond acceptors (Lipinski definition) is 2. The van der Waals surface area contributed by atoms with Crippen molar-refractivity contribution in [1.29, 1.82) is 0 Å². The Hall–Kier alpha value is -0.830. The van der Waals surface area contributed by atoms with Gasteiger partial charge < -0.3 is 4.74 Å². The van der Waals surface area contributed by atoms with Crippen molar-refractivity contribution in [3.8, 4) is 5.75 Å². The van der Waals surface area contributed by atoms with E-state index in [1.165, 1.54) is 0 Å². The molecule has 0 radical (unpaired) electrons. The van der Waals surface area contributed by atoms with E-state index in [2.05, 4.69) is 29.8 Å². The molecule has 0 saturated heterocycles. The SMILES string of the molecule is COc1ccc(C(=O)C(C)C(C)C)cc1Br. The Morgan fingerprint density at radius 1 is 1.31 bits per heavy atom. The summed E-state index contributed by atoms with van der Waals surface area (Å²) in [5.74, 6) is 1.32. The Labute approximate surface area is 105 Å². The Morgan fingerprint density at radius 3 is 2.38 bits per heavy atom. The molecule has 0 aliphatic heterocycles. The van der Waals surface area contributed by atoms with Crippen LogP contribution < -0.4 is 4.74 Å². The van der Waals surface area contributed by atoms with E-state index in [9.17, 15) is 4.79 Å². The van der Waals surface area contributed by atoms with Gasteiger partial charge in [0.2, 0.25) is 0 Å². The summed E-state index contributed by atoms with van der Waals surface area (Å²) < 4.78 is 5.95. The number of hydrogen-bond donors (Lipinski definition) is 0. The van der Waals surface area contributed by atoms with Gasteiger partial charge in [-0.1, -0.05) is 20.8 Å². The van der Waals surface area contributed by atoms with Crippen LogP contribution in [-0.2, 0) is 0 Å². The molecule has 0 amide bonds. The highest BCUT2D eigenvalue weighted by Gasteiger charge is 2.19. The standard InChI is InChI=1S/C13H17BrO2/c1-8(2)9(3)13(15)10-5-6-12(16-4)11(14)7-10/h5-9H,1-4H3. The van der Waals surface area contributed by atoms with Crippen LogP contribution in [0.1, 0.15) is 31.1 Å². The first kappa shape index (κ1) is 13.2. The number of carbonyl (C=O) groups excluding carboxylic acids is 1. The fraction of sp³-hybridized carbons (Fsp3) is 0.462. The number of ketones is 1. The summed E-state index contributed by atoms with van der Waals surface area (Å²) in [7, 11) is 1.61. The smallest absolute Gasteiger partial charge is 0.165 e. The van der Waals surface area contributed by atoms with Gasteiger partial charge in [0.25, 0.3) is 0 Å². The first-order chi connectivity index (χ1) is 7.47. The van der Waals surface area contributed by atoms with Gasteiger partial charge in [-0.2, -0.15) is 0 Å². The van der Waals surface area contributed by atoms with Crippen molar-refractivity contribution < 1.29 is 9.53 Å². The first-order valence-electron chi connectivity index (χ1n) is 5.35. The van der Waals surface area contributed by atoms with Gasteiger partial charge in [-0.05, 0) is 40.0 Å². The van der Waals surface area contributed by atoms with E-state index >= 15 is 0 Å². The molecule has 16 heavy (non-hydrogen) atoms. The average molecular weight is 285 g/mol. The lowest BCUT2D eigenvalue weighted by atomic mass is 9.90. The molecule has 0 bridgehead atoms. The molecule has 0 aromatic heterocycles. The molecule has 1 aromatic carbocycles. The van der Waals surface area contributed by atoms with Crippen LogP contribution in [0.2, 0.25) is 0 Å². The Balaban J connectivity index is 2.97. The molecular weight excluding hydrogens is 268 g/mol. The van der Waals surface area contributed by atoms with Crippen molar-refractivity contribution in [2.45, 2.75) is 20.8 Å². The highest BCUT2D eigenvalue weighted by molar-refractivity contribution is 9.10. The van der Waals surface area contributed by atoms with Crippen molar-refractivity contribution in [2.75, 3.05) is 7.11 Å². The molecule has 0 N–H and O–H groups in total. The predicted octanol–water partition coefficient (Wildman–Crippen LogP) is 3.93. The van der Waals surface area contributed by atoms with Gasteiger partial charge in [-0.25, -0.2) is 0 Å². The highest BCUT2D eigenvalue weighted by Crippen LogP contribution is 2.27. The fourth-order valence-electron chi connectivity index (χ4n) is 1.39. The number of ether oxygens (including phenoxy) is 1. The van der Waals surface area contributed by atoms with Crippen molar-refractivity contribution in [3.05, 3.63) is 28.2 Å². The largest absolute Gasteiger partial charge is 0.496 e. The molecule has 0 fully saturated rings. The summed E-state index contributed by atoms with van der Waals surface area (Å²) in [4.78, 5) is 12.1. The predicted molar refractivity (Wildman–Crippen MR) is 69.0 cm³/mol. The van der Waals surface area contributed by atoms with Crippen molar-refractivity contribution >= 4 is 21.7 Å². The molecule has 0 spiro atoms. The summed E-state index contributed by atoms with van der Waals surface area (Å²) >= 11 is 3.38. The molecule has 0 heterocycles. The number of carbonyl (C=O) groups is 1. The van der Waals surface area contributed by atoms with E-state index in [4.69, 9.17) is 4.74 Å². The topological polar surface area (TPSA) is 26.3 Å². The van der Waals surface area contributed by atoms with Crippen LogP contribution in [0.5, 0.6) is 5.75 Å². The van der Waals surface area contributed by atoms with E-state index in [1.54, 1.807) is 7.11 Å². The van der Waals surface area contributed by atoms with Crippen LogP contribution in [0, 0.1) is 11.8 Å². The Bertz CT molecular complexity index is 386. The van der Waals surface area contributed by atoms with Crippen LogP contribution >= 0.6 is 15.9 Å². The molecule has 1 unspecified atom stereocenters. The first-order valence-corrected chi connectivity index (χ1v) is 6.14. The maximum atomic E-state index is 12.1. The molecular formula is C13H17BrO2. The minimum atomic E-state index is 0.0419. The zero-order valence-corrected chi connectivity index (χ0v) is 11.7. The van der Waals surface area contributed by atoms with Gasteiger partial charge >= 0.3 is 0 Å². The summed E-state index contributed by atoms with van der Waals surface area (Å²) in [6, 6.07) is 5.44. The monoisotopic (exact) mass is 284 g/mol. The molecule has 3 heteroatoms. The van der Waals surface area contributed by atoms with Gasteiger partial charge in [0.1, 0.15) is 5.75 Å². The number of benzene rings is 1. The average Bonchev–Trinajstić information content (AvgIpc) is 2.26. The minimum absolute atomic E-state index is 0.0419. The van der Waals surface area contributed by atoms with Crippen molar-refractivity contribution in [1.82, 2.24) is 0 Å². The third-order valence-corrected chi connectivity index (χ3v) is 3.47. The normalized spacial score (nSPS) is 12.6. The van der Waals surface area contributed by atoms with Gasteiger partial charge in [0.15, 0.2) is 5.78 Å². The van der Waals surface area contributed by atoms with E-state index in [-0.39, 0.29) is 11.7 Å². The van der Waals surface area contributed by atoms with E-state index in [0.717, 1.165) is 15.8 Å².